The largest absolute Gasteiger partial charge is 0.468 e. The minimum absolute atomic E-state index is 0.195. The molecular weight excluding hydrogens is 358 g/mol. The minimum atomic E-state index is -1.50. The van der Waals surface area contributed by atoms with Crippen LogP contribution in [0.1, 0.15) is 44.9 Å². The zero-order chi connectivity index (χ0) is 20.5. The molecule has 0 amide bonds. The summed E-state index contributed by atoms with van der Waals surface area (Å²) in [5, 5.41) is 0. The summed E-state index contributed by atoms with van der Waals surface area (Å²) in [4.78, 5) is 41.3. The Balaban J connectivity index is 2.36. The molecule has 3 rings (SSSR count). The Morgan fingerprint density at radius 1 is 0.964 bits per heavy atom. The fraction of sp³-hybridized carbons (Fsp3) is 0.273. The monoisotopic (exact) mass is 379 g/mol. The highest BCUT2D eigenvalue weighted by molar-refractivity contribution is 6.65. The molecule has 0 spiro atoms. The van der Waals surface area contributed by atoms with Gasteiger partial charge >= 0.3 is 0 Å². The molecule has 28 heavy (non-hydrogen) atoms. The van der Waals surface area contributed by atoms with Gasteiger partial charge in [-0.3, -0.25) is 14.4 Å². The Bertz CT molecular complexity index is 969. The van der Waals surface area contributed by atoms with Crippen molar-refractivity contribution in [1.29, 1.82) is 0 Å². The van der Waals surface area contributed by atoms with E-state index in [-0.39, 0.29) is 11.5 Å². The van der Waals surface area contributed by atoms with Gasteiger partial charge in [-0.2, -0.15) is 0 Å². The molecule has 1 aromatic heterocycles. The van der Waals surface area contributed by atoms with E-state index in [0.29, 0.717) is 22.7 Å². The van der Waals surface area contributed by atoms with Gasteiger partial charge in [-0.15, -0.1) is 0 Å². The second kappa shape index (κ2) is 7.38. The van der Waals surface area contributed by atoms with Gasteiger partial charge in [0.05, 0.1) is 6.26 Å². The van der Waals surface area contributed by atoms with Crippen LogP contribution in [0.25, 0.3) is 0 Å². The van der Waals surface area contributed by atoms with Gasteiger partial charge in [0.2, 0.25) is 5.72 Å². The number of benzene rings is 1. The van der Waals surface area contributed by atoms with Crippen molar-refractivity contribution in [2.45, 2.75) is 39.3 Å². The van der Waals surface area contributed by atoms with Crippen molar-refractivity contribution in [3.05, 3.63) is 71.4 Å². The first kappa shape index (κ1) is 19.5. The lowest BCUT2D eigenvalue weighted by atomic mass is 9.81. The van der Waals surface area contributed by atoms with Gasteiger partial charge in [-0.25, -0.2) is 4.99 Å². The second-order valence-electron chi connectivity index (χ2n) is 6.71. The molecule has 2 atom stereocenters. The van der Waals surface area contributed by atoms with Crippen molar-refractivity contribution >= 4 is 23.1 Å². The molecule has 1 aliphatic rings. The number of rotatable bonds is 6. The number of furan rings is 1. The van der Waals surface area contributed by atoms with E-state index in [9.17, 15) is 14.4 Å². The van der Waals surface area contributed by atoms with Gasteiger partial charge in [-0.05, 0) is 26.0 Å². The molecule has 1 aliphatic heterocycles. The highest BCUT2D eigenvalue weighted by atomic mass is 16.5. The van der Waals surface area contributed by atoms with Crippen LogP contribution in [0.3, 0.4) is 0 Å². The normalized spacial score (nSPS) is 21.2. The number of aliphatic imine (C=N–C) groups is 1. The summed E-state index contributed by atoms with van der Waals surface area (Å²) in [5.41, 5.74) is -0.726. The summed E-state index contributed by atoms with van der Waals surface area (Å²) in [5.74, 6) is -1.04. The van der Waals surface area contributed by atoms with Crippen molar-refractivity contribution in [2.24, 2.45) is 4.99 Å². The molecular formula is C22H21NO5. The molecule has 6 heteroatoms. The van der Waals surface area contributed by atoms with Gasteiger partial charge in [-0.1, -0.05) is 30.3 Å². The maximum Gasteiger partial charge on any atom is 0.240 e. The lowest BCUT2D eigenvalue weighted by Crippen LogP contribution is -2.35. The fourth-order valence-corrected chi connectivity index (χ4v) is 3.61. The molecule has 0 saturated carbocycles. The molecule has 2 aromatic rings. The van der Waals surface area contributed by atoms with Crippen LogP contribution in [-0.2, 0) is 24.8 Å². The average molecular weight is 379 g/mol. The molecule has 0 N–H and O–H groups in total. The van der Waals surface area contributed by atoms with Crippen LogP contribution < -0.4 is 0 Å². The summed E-state index contributed by atoms with van der Waals surface area (Å²) in [6, 6.07) is 12.4. The van der Waals surface area contributed by atoms with Crippen molar-refractivity contribution < 1.29 is 23.5 Å². The van der Waals surface area contributed by atoms with E-state index in [1.54, 1.807) is 43.3 Å². The predicted octanol–water partition coefficient (Wildman–Crippen LogP) is 3.73. The first-order chi connectivity index (χ1) is 13.3. The molecule has 1 aromatic carbocycles. The number of Topliss-reactive ketones (excluding diaryl/α,β-unsaturated/α-hetero) is 3. The van der Waals surface area contributed by atoms with Crippen molar-refractivity contribution in [2.75, 3.05) is 0 Å². The van der Waals surface area contributed by atoms with Crippen molar-refractivity contribution in [1.82, 2.24) is 0 Å². The van der Waals surface area contributed by atoms with E-state index in [2.05, 4.69) is 4.99 Å². The van der Waals surface area contributed by atoms with Crippen LogP contribution >= 0.6 is 0 Å². The van der Waals surface area contributed by atoms with E-state index in [1.165, 1.54) is 27.0 Å². The highest BCUT2D eigenvalue weighted by Crippen LogP contribution is 2.53. The maximum atomic E-state index is 12.5. The topological polar surface area (TPSA) is 85.9 Å². The summed E-state index contributed by atoms with van der Waals surface area (Å²) >= 11 is 0. The SMILES string of the molecule is CC(=O)C(=NC1(c2ccccc2)OC(C)=C(C(C)=O)C1c1ccco1)C(C)=O. The van der Waals surface area contributed by atoms with Crippen molar-refractivity contribution in [3.63, 3.8) is 0 Å². The Hall–Kier alpha value is -3.28. The van der Waals surface area contributed by atoms with Crippen LogP contribution in [0.15, 0.2) is 69.5 Å². The molecule has 0 bridgehead atoms. The van der Waals surface area contributed by atoms with E-state index in [4.69, 9.17) is 9.15 Å². The van der Waals surface area contributed by atoms with E-state index in [1.807, 2.05) is 6.07 Å². The lowest BCUT2D eigenvalue weighted by molar-refractivity contribution is -0.115. The molecule has 0 fully saturated rings. The third-order valence-corrected chi connectivity index (χ3v) is 4.71. The Morgan fingerprint density at radius 2 is 1.61 bits per heavy atom. The smallest absolute Gasteiger partial charge is 0.240 e. The van der Waals surface area contributed by atoms with Crippen LogP contribution in [0.2, 0.25) is 0 Å². The molecule has 6 nitrogen and oxygen atoms in total. The first-order valence-electron chi connectivity index (χ1n) is 8.89. The van der Waals surface area contributed by atoms with Gasteiger partial charge in [0.15, 0.2) is 17.3 Å². The van der Waals surface area contributed by atoms with E-state index >= 15 is 0 Å². The molecule has 0 radical (unpaired) electrons. The van der Waals surface area contributed by atoms with Crippen LogP contribution in [0.4, 0.5) is 0 Å². The van der Waals surface area contributed by atoms with Crippen molar-refractivity contribution in [3.8, 4) is 0 Å². The van der Waals surface area contributed by atoms with Crippen LogP contribution in [0.5, 0.6) is 0 Å². The third kappa shape index (κ3) is 3.22. The standard InChI is InChI=1S/C22H21NO5/c1-13(24)19-16(4)28-22(17-9-6-5-7-10-17,20(19)18-11-8-12-27-18)23-21(14(2)25)15(3)26/h5-12,20H,1-4H3. The maximum absolute atomic E-state index is 12.5. The third-order valence-electron chi connectivity index (χ3n) is 4.71. The lowest BCUT2D eigenvalue weighted by Gasteiger charge is -2.32. The van der Waals surface area contributed by atoms with Gasteiger partial charge in [0.1, 0.15) is 23.1 Å². The number of hydrogen-bond donors (Lipinski definition) is 0. The van der Waals surface area contributed by atoms with E-state index in [0.717, 1.165) is 0 Å². The number of carbonyl (C=O) groups is 3. The summed E-state index contributed by atoms with van der Waals surface area (Å²) in [6.45, 7) is 5.68. The molecule has 144 valence electrons. The number of hydrogen-bond acceptors (Lipinski definition) is 6. The predicted molar refractivity (Wildman–Crippen MR) is 103 cm³/mol. The quantitative estimate of drug-likeness (QED) is 0.564. The summed E-state index contributed by atoms with van der Waals surface area (Å²) < 4.78 is 11.8. The Labute approximate surface area is 162 Å². The van der Waals surface area contributed by atoms with Gasteiger partial charge < -0.3 is 9.15 Å². The van der Waals surface area contributed by atoms with Crippen LogP contribution in [-0.4, -0.2) is 23.1 Å². The molecule has 2 heterocycles. The number of allylic oxidation sites excluding steroid dienone is 1. The molecule has 0 aliphatic carbocycles. The number of nitrogens with zero attached hydrogens (tertiary/aromatic N) is 1. The number of ketones is 3. The summed E-state index contributed by atoms with van der Waals surface area (Å²) in [6.07, 6.45) is 1.50. The average Bonchev–Trinajstić information content (AvgIpc) is 3.26. The van der Waals surface area contributed by atoms with E-state index < -0.39 is 23.2 Å². The summed E-state index contributed by atoms with van der Waals surface area (Å²) in [7, 11) is 0. The van der Waals surface area contributed by atoms with Gasteiger partial charge in [0.25, 0.3) is 0 Å². The fourth-order valence-electron chi connectivity index (χ4n) is 3.61. The minimum Gasteiger partial charge on any atom is -0.468 e. The highest BCUT2D eigenvalue weighted by Gasteiger charge is 2.54. The zero-order valence-corrected chi connectivity index (χ0v) is 16.2. The Kier molecular flexibility index (Phi) is 5.14. The number of ether oxygens (including phenoxy) is 1. The number of carbonyl (C=O) groups excluding carboxylic acids is 3. The molecule has 2 unspecified atom stereocenters. The second-order valence-corrected chi connectivity index (χ2v) is 6.71. The first-order valence-corrected chi connectivity index (χ1v) is 8.89. The Morgan fingerprint density at radius 3 is 2.11 bits per heavy atom. The zero-order valence-electron chi connectivity index (χ0n) is 16.2. The molecule has 0 saturated heterocycles. The van der Waals surface area contributed by atoms with Crippen LogP contribution in [0, 0.1) is 0 Å². The van der Waals surface area contributed by atoms with Gasteiger partial charge in [0, 0.05) is 25.0 Å².